The maximum Gasteiger partial charge on any atom is 0.408 e. The normalized spacial score (nSPS) is 18.1. The van der Waals surface area contributed by atoms with Crippen LogP contribution in [0.5, 0.6) is 0 Å². The molecule has 0 unspecified atom stereocenters. The monoisotopic (exact) mass is 256 g/mol. The summed E-state index contributed by atoms with van der Waals surface area (Å²) in [6.07, 6.45) is 7.08. The van der Waals surface area contributed by atoms with Gasteiger partial charge in [-0.2, -0.15) is 0 Å². The predicted molar refractivity (Wildman–Crippen MR) is 69.5 cm³/mol. The fourth-order valence-corrected chi connectivity index (χ4v) is 2.15. The van der Waals surface area contributed by atoms with Gasteiger partial charge in [-0.25, -0.2) is 4.79 Å². The number of hydrogen-bond donors (Lipinski definition) is 2. The highest BCUT2D eigenvalue weighted by atomic mass is 16.4. The number of rotatable bonds is 9. The van der Waals surface area contributed by atoms with Crippen LogP contribution in [0.25, 0.3) is 0 Å². The summed E-state index contributed by atoms with van der Waals surface area (Å²) in [4.78, 5) is 23.5. The summed E-state index contributed by atoms with van der Waals surface area (Å²) in [6.45, 7) is 3.12. The van der Waals surface area contributed by atoms with E-state index in [1.807, 2.05) is 0 Å². The lowest BCUT2D eigenvalue weighted by atomic mass is 10.1. The van der Waals surface area contributed by atoms with Gasteiger partial charge in [-0.1, -0.05) is 45.4 Å². The van der Waals surface area contributed by atoms with Crippen molar-refractivity contribution in [3.63, 3.8) is 0 Å². The molecule has 1 aliphatic rings. The van der Waals surface area contributed by atoms with Crippen molar-refractivity contribution >= 4 is 12.0 Å². The first-order chi connectivity index (χ1) is 8.66. The number of hydrogen-bond acceptors (Lipinski definition) is 2. The smallest absolute Gasteiger partial charge is 0.408 e. The molecule has 18 heavy (non-hydrogen) atoms. The summed E-state index contributed by atoms with van der Waals surface area (Å²) in [5.74, 6) is -0.166. The van der Waals surface area contributed by atoms with Crippen LogP contribution in [0.4, 0.5) is 4.79 Å². The number of β-lactam (4-membered cyclic amide) rings is 1. The van der Waals surface area contributed by atoms with E-state index in [0.717, 1.165) is 19.3 Å². The summed E-state index contributed by atoms with van der Waals surface area (Å²) < 4.78 is 0. The van der Waals surface area contributed by atoms with Crippen LogP contribution in [0.15, 0.2) is 0 Å². The van der Waals surface area contributed by atoms with Crippen molar-refractivity contribution in [1.29, 1.82) is 0 Å². The molecule has 2 amide bonds. The average Bonchev–Trinajstić information content (AvgIpc) is 2.34. The van der Waals surface area contributed by atoms with Gasteiger partial charge in [-0.3, -0.25) is 9.69 Å². The Bertz CT molecular complexity index is 281. The highest BCUT2D eigenvalue weighted by molar-refractivity contribution is 5.90. The van der Waals surface area contributed by atoms with Crippen molar-refractivity contribution in [3.8, 4) is 0 Å². The summed E-state index contributed by atoms with van der Waals surface area (Å²) in [6, 6.07) is -0.456. The second-order valence-electron chi connectivity index (χ2n) is 4.86. The van der Waals surface area contributed by atoms with Gasteiger partial charge in [-0.15, -0.1) is 0 Å². The highest BCUT2D eigenvalue weighted by Gasteiger charge is 2.35. The Kier molecular flexibility index (Phi) is 6.54. The van der Waals surface area contributed by atoms with E-state index in [9.17, 15) is 9.59 Å². The molecule has 5 nitrogen and oxygen atoms in total. The molecule has 0 bridgehead atoms. The van der Waals surface area contributed by atoms with Crippen LogP contribution in [-0.2, 0) is 4.79 Å². The van der Waals surface area contributed by atoms with E-state index in [1.54, 1.807) is 0 Å². The number of carbonyl (C=O) groups excluding carboxylic acids is 1. The molecular formula is C13H24N2O3. The van der Waals surface area contributed by atoms with Crippen molar-refractivity contribution in [1.82, 2.24) is 10.2 Å². The van der Waals surface area contributed by atoms with Crippen molar-refractivity contribution in [2.24, 2.45) is 0 Å². The largest absolute Gasteiger partial charge is 0.465 e. The number of unbranched alkanes of at least 4 members (excludes halogenated alkanes) is 6. The lowest BCUT2D eigenvalue weighted by Gasteiger charge is -2.34. The fourth-order valence-electron chi connectivity index (χ4n) is 2.15. The van der Waals surface area contributed by atoms with E-state index >= 15 is 0 Å². The highest BCUT2D eigenvalue weighted by Crippen LogP contribution is 2.11. The lowest BCUT2D eigenvalue weighted by Crippen LogP contribution is -2.63. The Labute approximate surface area is 109 Å². The Balaban J connectivity index is 2.11. The zero-order valence-electron chi connectivity index (χ0n) is 11.2. The molecule has 1 atom stereocenters. The molecule has 0 spiro atoms. The van der Waals surface area contributed by atoms with Crippen LogP contribution in [0.2, 0.25) is 0 Å². The van der Waals surface area contributed by atoms with Crippen molar-refractivity contribution in [3.05, 3.63) is 0 Å². The Morgan fingerprint density at radius 1 is 1.28 bits per heavy atom. The van der Waals surface area contributed by atoms with Gasteiger partial charge >= 0.3 is 6.09 Å². The molecule has 104 valence electrons. The molecular weight excluding hydrogens is 232 g/mol. The Morgan fingerprint density at radius 2 is 1.89 bits per heavy atom. The van der Waals surface area contributed by atoms with Gasteiger partial charge in [0.25, 0.3) is 0 Å². The van der Waals surface area contributed by atoms with Gasteiger partial charge in [0, 0.05) is 13.1 Å². The van der Waals surface area contributed by atoms with Crippen molar-refractivity contribution < 1.29 is 14.7 Å². The SMILES string of the molecule is CCCCCCCCCN(C(=O)O)[C@H]1CNC1=O. The van der Waals surface area contributed by atoms with E-state index < -0.39 is 12.1 Å². The first kappa shape index (κ1) is 14.8. The number of carboxylic acid groups (broad SMARTS) is 1. The molecule has 0 radical (unpaired) electrons. The average molecular weight is 256 g/mol. The number of nitrogens with one attached hydrogen (secondary N) is 1. The van der Waals surface area contributed by atoms with E-state index in [4.69, 9.17) is 5.11 Å². The molecule has 0 aromatic heterocycles. The maximum atomic E-state index is 11.2. The molecule has 0 aromatic carbocycles. The zero-order valence-corrected chi connectivity index (χ0v) is 11.2. The van der Waals surface area contributed by atoms with E-state index in [-0.39, 0.29) is 5.91 Å². The lowest BCUT2D eigenvalue weighted by molar-refractivity contribution is -0.132. The number of nitrogens with zero attached hydrogens (tertiary/aromatic N) is 1. The second-order valence-corrected chi connectivity index (χ2v) is 4.86. The molecule has 5 heteroatoms. The summed E-state index contributed by atoms with van der Waals surface area (Å²) in [7, 11) is 0. The Morgan fingerprint density at radius 3 is 2.33 bits per heavy atom. The van der Waals surface area contributed by atoms with Crippen LogP contribution in [0, 0.1) is 0 Å². The summed E-state index contributed by atoms with van der Waals surface area (Å²) in [5.41, 5.74) is 0. The fraction of sp³-hybridized carbons (Fsp3) is 0.846. The van der Waals surface area contributed by atoms with Gasteiger partial charge in [0.2, 0.25) is 5.91 Å². The topological polar surface area (TPSA) is 69.6 Å². The third-order valence-electron chi connectivity index (χ3n) is 3.40. The number of carbonyl (C=O) groups is 2. The van der Waals surface area contributed by atoms with E-state index in [1.165, 1.54) is 30.6 Å². The molecule has 2 N–H and O–H groups in total. The van der Waals surface area contributed by atoms with Crippen molar-refractivity contribution in [2.75, 3.05) is 13.1 Å². The zero-order chi connectivity index (χ0) is 13.4. The van der Waals surface area contributed by atoms with Crippen LogP contribution in [-0.4, -0.2) is 41.1 Å². The molecule has 1 saturated heterocycles. The van der Waals surface area contributed by atoms with Gasteiger partial charge in [-0.05, 0) is 6.42 Å². The van der Waals surface area contributed by atoms with Crippen LogP contribution < -0.4 is 5.32 Å². The predicted octanol–water partition coefficient (Wildman–Crippen LogP) is 2.22. The molecule has 0 aromatic rings. The molecule has 1 rings (SSSR count). The minimum Gasteiger partial charge on any atom is -0.465 e. The van der Waals surface area contributed by atoms with Crippen molar-refractivity contribution in [2.45, 2.75) is 57.9 Å². The molecule has 1 aliphatic heterocycles. The minimum absolute atomic E-state index is 0.166. The van der Waals surface area contributed by atoms with Crippen LogP contribution in [0.1, 0.15) is 51.9 Å². The molecule has 1 fully saturated rings. The minimum atomic E-state index is -0.985. The standard InChI is InChI=1S/C13H24N2O3/c1-2-3-4-5-6-7-8-9-15(13(17)18)11-10-14-12(11)16/h11H,2-10H2,1H3,(H,14,16)(H,17,18)/t11-/m0/s1. The number of amides is 2. The maximum absolute atomic E-state index is 11.2. The van der Waals surface area contributed by atoms with Gasteiger partial charge in [0.1, 0.15) is 6.04 Å². The van der Waals surface area contributed by atoms with E-state index in [2.05, 4.69) is 12.2 Å². The molecule has 1 heterocycles. The van der Waals surface area contributed by atoms with Gasteiger partial charge in [0.05, 0.1) is 0 Å². The quantitative estimate of drug-likeness (QED) is 0.491. The summed E-state index contributed by atoms with van der Waals surface area (Å²) >= 11 is 0. The van der Waals surface area contributed by atoms with Gasteiger partial charge in [0.15, 0.2) is 0 Å². The summed E-state index contributed by atoms with van der Waals surface area (Å²) in [5, 5.41) is 11.6. The molecule has 0 saturated carbocycles. The molecule has 0 aliphatic carbocycles. The first-order valence-corrected chi connectivity index (χ1v) is 6.94. The second kappa shape index (κ2) is 7.95. The first-order valence-electron chi connectivity index (χ1n) is 6.94. The van der Waals surface area contributed by atoms with Gasteiger partial charge < -0.3 is 10.4 Å². The van der Waals surface area contributed by atoms with Crippen LogP contribution >= 0.6 is 0 Å². The Hall–Kier alpha value is -1.26. The third kappa shape index (κ3) is 4.55. The van der Waals surface area contributed by atoms with Crippen LogP contribution in [0.3, 0.4) is 0 Å². The van der Waals surface area contributed by atoms with E-state index in [0.29, 0.717) is 13.1 Å². The third-order valence-corrected chi connectivity index (χ3v) is 3.40.